The van der Waals surface area contributed by atoms with E-state index in [0.717, 1.165) is 52.6 Å². The van der Waals surface area contributed by atoms with Gasteiger partial charge in [0.05, 0.1) is 23.3 Å². The quantitative estimate of drug-likeness (QED) is 0.446. The predicted octanol–water partition coefficient (Wildman–Crippen LogP) is 4.92. The first-order valence-corrected chi connectivity index (χ1v) is 11.8. The number of oxime groups is 1. The molecule has 2 aliphatic carbocycles. The summed E-state index contributed by atoms with van der Waals surface area (Å²) in [7, 11) is 0. The molecule has 4 atom stereocenters. The second-order valence-corrected chi connectivity index (χ2v) is 9.71. The van der Waals surface area contributed by atoms with Gasteiger partial charge in [0.1, 0.15) is 5.82 Å². The average Bonchev–Trinajstić information content (AvgIpc) is 3.66. The van der Waals surface area contributed by atoms with Crippen molar-refractivity contribution in [1.82, 2.24) is 15.2 Å². The molecule has 1 amide bonds. The molecule has 2 N–H and O–H groups in total. The largest absolute Gasteiger partial charge is 0.378 e. The summed E-state index contributed by atoms with van der Waals surface area (Å²) in [5.41, 5.74) is 3.67. The second kappa shape index (κ2) is 7.46. The van der Waals surface area contributed by atoms with Crippen LogP contribution in [0.4, 0.5) is 10.1 Å². The monoisotopic (exact) mass is 467 g/mol. The number of benzene rings is 2. The molecule has 2 saturated carbocycles. The maximum atomic E-state index is 13.8. The van der Waals surface area contributed by atoms with Gasteiger partial charge in [0.15, 0.2) is 0 Å². The molecule has 0 radical (unpaired) electrons. The number of hydrogen-bond acceptors (Lipinski definition) is 5. The molecule has 2 fully saturated rings. The number of pyridine rings is 1. The molecular weight excluding hydrogens is 445 g/mol. The molecule has 35 heavy (non-hydrogen) atoms. The van der Waals surface area contributed by atoms with E-state index in [4.69, 9.17) is 4.84 Å². The van der Waals surface area contributed by atoms with Crippen LogP contribution in [0.25, 0.3) is 22.0 Å². The number of nitrogens with zero attached hydrogens (tertiary/aromatic N) is 3. The van der Waals surface area contributed by atoms with Crippen LogP contribution in [0, 0.1) is 23.6 Å². The third kappa shape index (κ3) is 3.02. The van der Waals surface area contributed by atoms with Crippen molar-refractivity contribution in [2.45, 2.75) is 24.9 Å². The fraction of sp³-hybridized carbons (Fsp3) is 0.259. The van der Waals surface area contributed by atoms with Gasteiger partial charge in [0.25, 0.3) is 5.91 Å². The fourth-order valence-corrected chi connectivity index (χ4v) is 6.31. The maximum Gasteiger partial charge on any atom is 0.272 e. The maximum absolute atomic E-state index is 13.8. The Balaban J connectivity index is 1.22. The Morgan fingerprint density at radius 2 is 1.97 bits per heavy atom. The summed E-state index contributed by atoms with van der Waals surface area (Å²) in [6.45, 7) is 0. The van der Waals surface area contributed by atoms with Gasteiger partial charge in [-0.1, -0.05) is 17.3 Å². The standard InChI is InChI=1S/C27H22FN5O2/c28-21-3-1-2-15(10-21)17-8-19(13-29-12-17)25-24-16-4-5-20(9-16)27(24,35-33-25)26(34)31-22-6-7-23-18(11-22)14-30-32-23/h1-3,6-8,10-14,16,20,24H,4-5,9H2,(H,30,32)(H,31,34)/t16-,20+,24-,27-/m1/s1. The van der Waals surface area contributed by atoms with Crippen molar-refractivity contribution in [1.29, 1.82) is 0 Å². The molecule has 2 aromatic carbocycles. The van der Waals surface area contributed by atoms with E-state index in [0.29, 0.717) is 11.6 Å². The Morgan fingerprint density at radius 1 is 1.06 bits per heavy atom. The van der Waals surface area contributed by atoms with Crippen molar-refractivity contribution in [2.75, 3.05) is 5.32 Å². The van der Waals surface area contributed by atoms with Crippen LogP contribution in [-0.2, 0) is 9.63 Å². The van der Waals surface area contributed by atoms with E-state index in [1.54, 1.807) is 24.7 Å². The van der Waals surface area contributed by atoms with Gasteiger partial charge in [0.2, 0.25) is 5.60 Å². The van der Waals surface area contributed by atoms with Gasteiger partial charge in [-0.25, -0.2) is 4.39 Å². The van der Waals surface area contributed by atoms with Crippen LogP contribution in [0.5, 0.6) is 0 Å². The summed E-state index contributed by atoms with van der Waals surface area (Å²) in [4.78, 5) is 24.3. The van der Waals surface area contributed by atoms with Gasteiger partial charge in [-0.15, -0.1) is 0 Å². The third-order valence-corrected chi connectivity index (χ3v) is 7.85. The summed E-state index contributed by atoms with van der Waals surface area (Å²) >= 11 is 0. The van der Waals surface area contributed by atoms with Crippen LogP contribution in [0.1, 0.15) is 24.8 Å². The molecule has 3 aliphatic rings. The lowest BCUT2D eigenvalue weighted by atomic mass is 9.71. The van der Waals surface area contributed by atoms with Crippen LogP contribution in [-0.4, -0.2) is 32.4 Å². The van der Waals surface area contributed by atoms with Crippen LogP contribution >= 0.6 is 0 Å². The molecule has 0 unspecified atom stereocenters. The highest BCUT2D eigenvalue weighted by molar-refractivity contribution is 6.11. The first-order chi connectivity index (χ1) is 17.1. The Bertz CT molecular complexity index is 1510. The first kappa shape index (κ1) is 20.3. The number of nitrogens with one attached hydrogen (secondary N) is 2. The van der Waals surface area contributed by atoms with E-state index in [-0.39, 0.29) is 23.6 Å². The number of hydrogen-bond donors (Lipinski definition) is 2. The van der Waals surface area contributed by atoms with E-state index >= 15 is 0 Å². The van der Waals surface area contributed by atoms with Gasteiger partial charge in [0, 0.05) is 40.5 Å². The molecule has 0 saturated heterocycles. The van der Waals surface area contributed by atoms with E-state index in [2.05, 4.69) is 25.7 Å². The number of H-pyrrole nitrogens is 1. The zero-order valence-corrected chi connectivity index (χ0v) is 18.7. The fourth-order valence-electron chi connectivity index (χ4n) is 6.31. The molecule has 2 bridgehead atoms. The third-order valence-electron chi connectivity index (χ3n) is 7.85. The van der Waals surface area contributed by atoms with E-state index < -0.39 is 5.60 Å². The van der Waals surface area contributed by atoms with E-state index in [1.807, 2.05) is 30.3 Å². The van der Waals surface area contributed by atoms with Crippen LogP contribution in [0.3, 0.4) is 0 Å². The highest BCUT2D eigenvalue weighted by Gasteiger charge is 2.69. The molecule has 2 aromatic heterocycles. The Hall–Kier alpha value is -4.07. The Morgan fingerprint density at radius 3 is 2.89 bits per heavy atom. The molecule has 7 nitrogen and oxygen atoms in total. The van der Waals surface area contributed by atoms with Gasteiger partial charge < -0.3 is 10.2 Å². The zero-order valence-electron chi connectivity index (χ0n) is 18.7. The number of fused-ring (bicyclic) bond motifs is 6. The summed E-state index contributed by atoms with van der Waals surface area (Å²) < 4.78 is 13.8. The highest BCUT2D eigenvalue weighted by Crippen LogP contribution is 2.60. The van der Waals surface area contributed by atoms with Crippen molar-refractivity contribution < 1.29 is 14.0 Å². The van der Waals surface area contributed by atoms with Crippen LogP contribution < -0.4 is 5.32 Å². The predicted molar refractivity (Wildman–Crippen MR) is 129 cm³/mol. The SMILES string of the molecule is O=C(Nc1ccc2[nH]ncc2c1)[C@]12ON=C(c3cncc(-c4cccc(F)c4)c3)[C@H]1[C@@H]1CC[C@H]2C1. The van der Waals surface area contributed by atoms with Crippen molar-refractivity contribution in [3.63, 3.8) is 0 Å². The summed E-state index contributed by atoms with van der Waals surface area (Å²) in [5, 5.41) is 15.5. The average molecular weight is 468 g/mol. The molecule has 4 aromatic rings. The zero-order chi connectivity index (χ0) is 23.6. The topological polar surface area (TPSA) is 92.3 Å². The summed E-state index contributed by atoms with van der Waals surface area (Å²) in [5.74, 6) is -0.183. The van der Waals surface area contributed by atoms with E-state index in [1.165, 1.54) is 12.1 Å². The smallest absolute Gasteiger partial charge is 0.272 e. The van der Waals surface area contributed by atoms with Crippen molar-refractivity contribution in [3.8, 4) is 11.1 Å². The number of carbonyl (C=O) groups is 1. The van der Waals surface area contributed by atoms with Gasteiger partial charge in [-0.05, 0) is 67.1 Å². The molecule has 174 valence electrons. The number of carbonyl (C=O) groups excluding carboxylic acids is 1. The number of amides is 1. The summed E-state index contributed by atoms with van der Waals surface area (Å²) in [6.07, 6.45) is 8.12. The number of anilines is 1. The Labute approximate surface area is 200 Å². The van der Waals surface area contributed by atoms with Crippen molar-refractivity contribution >= 4 is 28.2 Å². The lowest BCUT2D eigenvalue weighted by Crippen LogP contribution is -2.53. The summed E-state index contributed by atoms with van der Waals surface area (Å²) in [6, 6.07) is 14.1. The number of halogens is 1. The number of rotatable bonds is 4. The minimum absolute atomic E-state index is 0.107. The lowest BCUT2D eigenvalue weighted by Gasteiger charge is -2.35. The van der Waals surface area contributed by atoms with E-state index in [9.17, 15) is 9.18 Å². The van der Waals surface area contributed by atoms with Gasteiger partial charge >= 0.3 is 0 Å². The van der Waals surface area contributed by atoms with Crippen LogP contribution in [0.15, 0.2) is 72.3 Å². The minimum Gasteiger partial charge on any atom is -0.378 e. The molecule has 7 rings (SSSR count). The molecule has 8 heteroatoms. The minimum atomic E-state index is -1.03. The van der Waals surface area contributed by atoms with Crippen molar-refractivity contribution in [3.05, 3.63) is 78.5 Å². The van der Waals surface area contributed by atoms with Crippen molar-refractivity contribution in [2.24, 2.45) is 22.9 Å². The Kier molecular flexibility index (Phi) is 4.33. The molecule has 0 spiro atoms. The number of aromatic amines is 1. The lowest BCUT2D eigenvalue weighted by molar-refractivity contribution is -0.149. The second-order valence-electron chi connectivity index (χ2n) is 9.71. The molecular formula is C27H22FN5O2. The highest BCUT2D eigenvalue weighted by atomic mass is 19.1. The normalized spacial score (nSPS) is 26.4. The van der Waals surface area contributed by atoms with Crippen LogP contribution in [0.2, 0.25) is 0 Å². The van der Waals surface area contributed by atoms with Gasteiger partial charge in [-0.2, -0.15) is 5.10 Å². The number of aromatic nitrogens is 3. The molecule has 3 heterocycles. The molecule has 1 aliphatic heterocycles. The first-order valence-electron chi connectivity index (χ1n) is 11.8. The van der Waals surface area contributed by atoms with Gasteiger partial charge in [-0.3, -0.25) is 14.9 Å².